The number of rotatable bonds is 40. The molecule has 0 amide bonds. The fraction of sp³-hybridized carbons (Fsp3) is 0.706. The number of allylic oxidation sites excluding steroid dienone is 13. The highest BCUT2D eigenvalue weighted by atomic mass is 31.2. The van der Waals surface area contributed by atoms with Crippen LogP contribution in [0.15, 0.2) is 85.3 Å². The Morgan fingerprint density at radius 1 is 0.516 bits per heavy atom. The van der Waals surface area contributed by atoms with Crippen molar-refractivity contribution in [3.8, 4) is 0 Å². The zero-order valence-electron chi connectivity index (χ0n) is 39.3. The van der Waals surface area contributed by atoms with Crippen molar-refractivity contribution in [2.24, 2.45) is 0 Å². The molecule has 13 heteroatoms. The minimum atomic E-state index is -5.06. The van der Waals surface area contributed by atoms with Gasteiger partial charge in [0.1, 0.15) is 43.2 Å². The van der Waals surface area contributed by atoms with E-state index in [-0.39, 0.29) is 13.0 Å². The van der Waals surface area contributed by atoms with Gasteiger partial charge in [-0.05, 0) is 63.9 Å². The summed E-state index contributed by atoms with van der Waals surface area (Å²) in [6.07, 6.45) is 43.2. The van der Waals surface area contributed by atoms with Gasteiger partial charge in [-0.25, -0.2) is 4.57 Å². The minimum Gasteiger partial charge on any atom is -0.498 e. The van der Waals surface area contributed by atoms with Gasteiger partial charge in [0.2, 0.25) is 0 Å². The van der Waals surface area contributed by atoms with Crippen molar-refractivity contribution in [2.45, 2.75) is 217 Å². The van der Waals surface area contributed by atoms with E-state index in [1.165, 1.54) is 96.2 Å². The second kappa shape index (κ2) is 40.6. The van der Waals surface area contributed by atoms with E-state index in [1.807, 2.05) is 18.2 Å². The van der Waals surface area contributed by atoms with Gasteiger partial charge in [0.15, 0.2) is 6.10 Å². The van der Waals surface area contributed by atoms with Gasteiger partial charge in [0.05, 0.1) is 12.9 Å². The Kier molecular flexibility index (Phi) is 37.7. The number of carbonyl (C=O) groups excluding carboxylic acids is 1. The summed E-state index contributed by atoms with van der Waals surface area (Å²) in [5.41, 5.74) is 0. The minimum absolute atomic E-state index is 0.0413. The molecule has 1 saturated carbocycles. The van der Waals surface area contributed by atoms with Crippen LogP contribution in [0.5, 0.6) is 0 Å². The van der Waals surface area contributed by atoms with Crippen LogP contribution in [0.4, 0.5) is 0 Å². The number of carbonyl (C=O) groups is 1. The zero-order chi connectivity index (χ0) is 46.9. The molecule has 368 valence electrons. The lowest BCUT2D eigenvalue weighted by Crippen LogP contribution is -2.64. The van der Waals surface area contributed by atoms with E-state index in [0.29, 0.717) is 12.8 Å². The molecule has 6 N–H and O–H groups in total. The van der Waals surface area contributed by atoms with Gasteiger partial charge in [0.25, 0.3) is 0 Å². The van der Waals surface area contributed by atoms with Crippen LogP contribution in [-0.2, 0) is 27.9 Å². The number of esters is 1. The van der Waals surface area contributed by atoms with Gasteiger partial charge in [-0.3, -0.25) is 13.8 Å². The Morgan fingerprint density at radius 2 is 0.922 bits per heavy atom. The van der Waals surface area contributed by atoms with Crippen LogP contribution in [0.2, 0.25) is 0 Å². The molecule has 0 spiro atoms. The summed E-state index contributed by atoms with van der Waals surface area (Å²) in [6, 6.07) is 0. The number of hydrogen-bond acceptors (Lipinski definition) is 11. The van der Waals surface area contributed by atoms with E-state index in [2.05, 4.69) is 74.6 Å². The molecule has 0 aliphatic heterocycles. The summed E-state index contributed by atoms with van der Waals surface area (Å²) in [5.74, 6) is -0.582. The predicted octanol–water partition coefficient (Wildman–Crippen LogP) is 10.9. The first-order valence-electron chi connectivity index (χ1n) is 24.5. The average Bonchev–Trinajstić information content (AvgIpc) is 3.28. The van der Waals surface area contributed by atoms with E-state index in [9.17, 15) is 39.8 Å². The summed E-state index contributed by atoms with van der Waals surface area (Å²) in [6.45, 7) is 3.55. The summed E-state index contributed by atoms with van der Waals surface area (Å²) in [5, 5.41) is 50.2. The van der Waals surface area contributed by atoms with Gasteiger partial charge in [-0.15, -0.1) is 0 Å². The molecule has 8 atom stereocenters. The average molecular weight is 923 g/mol. The fourth-order valence-electron chi connectivity index (χ4n) is 6.99. The van der Waals surface area contributed by atoms with Crippen molar-refractivity contribution in [2.75, 3.05) is 13.2 Å². The van der Waals surface area contributed by atoms with Gasteiger partial charge < -0.3 is 39.9 Å². The number of unbranched alkanes of at least 4 members (excludes halogenated alkanes) is 16. The molecule has 1 aliphatic carbocycles. The molecule has 0 bridgehead atoms. The second-order valence-corrected chi connectivity index (χ2v) is 18.1. The van der Waals surface area contributed by atoms with Crippen LogP contribution in [-0.4, -0.2) is 92.3 Å². The molecule has 1 aliphatic rings. The Balaban J connectivity index is 2.46. The predicted molar refractivity (Wildman–Crippen MR) is 257 cm³/mol. The lowest BCUT2D eigenvalue weighted by molar-refractivity contribution is -0.220. The summed E-state index contributed by atoms with van der Waals surface area (Å²) in [7, 11) is -5.06. The number of phosphoric acid groups is 1. The van der Waals surface area contributed by atoms with E-state index in [0.717, 1.165) is 51.4 Å². The molecule has 0 saturated heterocycles. The molecular formula is C51H87O12P. The van der Waals surface area contributed by atoms with Crippen molar-refractivity contribution in [3.05, 3.63) is 85.3 Å². The molecule has 6 unspecified atom stereocenters. The van der Waals surface area contributed by atoms with Crippen LogP contribution >= 0.6 is 7.82 Å². The maximum atomic E-state index is 12.8. The lowest BCUT2D eigenvalue weighted by Gasteiger charge is -2.41. The molecule has 1 rings (SSSR count). The molecule has 0 aromatic rings. The molecule has 0 heterocycles. The van der Waals surface area contributed by atoms with E-state index < -0.39 is 63.1 Å². The van der Waals surface area contributed by atoms with Crippen LogP contribution in [0.25, 0.3) is 0 Å². The monoisotopic (exact) mass is 923 g/mol. The number of aliphatic hydroxyl groups excluding tert-OH is 5. The quantitative estimate of drug-likeness (QED) is 0.0112. The smallest absolute Gasteiger partial charge is 0.472 e. The zero-order valence-corrected chi connectivity index (χ0v) is 40.2. The van der Waals surface area contributed by atoms with Gasteiger partial charge >= 0.3 is 13.8 Å². The SMILES string of the molecule is CC/C=C\C/C=C\C/C=C\C/C=C\C/C=C\C/C=C\CCC(=O)O[C@H](CO/C=C\CCCCCCCCCCCCCCCCCC)COP(=O)(O)OC1C(O)C(O)C(O)[C@@H](O)C1O. The second-order valence-electron chi connectivity index (χ2n) is 16.7. The largest absolute Gasteiger partial charge is 0.498 e. The number of hydrogen-bond donors (Lipinski definition) is 6. The van der Waals surface area contributed by atoms with Crippen LogP contribution < -0.4 is 0 Å². The van der Waals surface area contributed by atoms with Crippen LogP contribution in [0, 0.1) is 0 Å². The molecular weight excluding hydrogens is 836 g/mol. The van der Waals surface area contributed by atoms with Gasteiger partial charge in [-0.1, -0.05) is 183 Å². The highest BCUT2D eigenvalue weighted by Crippen LogP contribution is 2.47. The van der Waals surface area contributed by atoms with Crippen LogP contribution in [0.1, 0.15) is 174 Å². The fourth-order valence-corrected chi connectivity index (χ4v) is 7.97. The Hall–Kier alpha value is -2.64. The van der Waals surface area contributed by atoms with Crippen molar-refractivity contribution in [3.63, 3.8) is 0 Å². The third-order valence-electron chi connectivity index (χ3n) is 10.9. The molecule has 1 fully saturated rings. The molecule has 0 aromatic heterocycles. The first kappa shape index (κ1) is 59.4. The van der Waals surface area contributed by atoms with Crippen molar-refractivity contribution < 1.29 is 58.3 Å². The van der Waals surface area contributed by atoms with Crippen molar-refractivity contribution in [1.82, 2.24) is 0 Å². The lowest BCUT2D eigenvalue weighted by atomic mass is 9.85. The third kappa shape index (κ3) is 32.1. The maximum Gasteiger partial charge on any atom is 0.472 e. The van der Waals surface area contributed by atoms with Crippen molar-refractivity contribution in [1.29, 1.82) is 0 Å². The molecule has 0 aromatic carbocycles. The summed E-state index contributed by atoms with van der Waals surface area (Å²) >= 11 is 0. The Morgan fingerprint density at radius 3 is 1.38 bits per heavy atom. The topological polar surface area (TPSA) is 192 Å². The highest BCUT2D eigenvalue weighted by Gasteiger charge is 2.51. The highest BCUT2D eigenvalue weighted by molar-refractivity contribution is 7.47. The van der Waals surface area contributed by atoms with Gasteiger partial charge in [-0.2, -0.15) is 0 Å². The number of aliphatic hydroxyl groups is 5. The standard InChI is InChI=1S/C51H87O12P/c1-3-5-7-9-11-13-15-17-19-21-23-24-26-28-30-32-34-36-38-40-45(52)62-44(43-61-64(58,59)63-51-49(56)47(54)46(53)48(55)50(51)57)42-60-41-39-37-35-33-31-29-27-25-22-20-18-16-14-12-10-8-6-4-2/h5,7,11,13,17,19,23-24,28,30,34,36,39,41,44,46-51,53-57H,3-4,6,8-10,12,14-16,18,20-22,25-27,29,31-33,35,37-38,40,42-43H2,1-2H3,(H,58,59)/b7-5-,13-11-,19-17-,24-23-,30-28-,36-34-,41-39-/t44-,46?,47-,48?,49?,50?,51?/m1/s1. The number of ether oxygens (including phenoxy) is 2. The van der Waals surface area contributed by atoms with Crippen molar-refractivity contribution >= 4 is 13.8 Å². The van der Waals surface area contributed by atoms with E-state index >= 15 is 0 Å². The maximum absolute atomic E-state index is 12.8. The summed E-state index contributed by atoms with van der Waals surface area (Å²) in [4.78, 5) is 23.1. The Labute approximate surface area is 386 Å². The van der Waals surface area contributed by atoms with Gasteiger partial charge in [0, 0.05) is 6.42 Å². The normalized spacial score (nSPS) is 22.4. The van der Waals surface area contributed by atoms with Crippen LogP contribution in [0.3, 0.4) is 0 Å². The summed E-state index contributed by atoms with van der Waals surface area (Å²) < 4.78 is 33.9. The molecule has 64 heavy (non-hydrogen) atoms. The first-order valence-corrected chi connectivity index (χ1v) is 26.0. The van der Waals surface area contributed by atoms with E-state index in [1.54, 1.807) is 0 Å². The molecule has 12 nitrogen and oxygen atoms in total. The Bertz CT molecular complexity index is 1380. The van der Waals surface area contributed by atoms with E-state index in [4.69, 9.17) is 18.5 Å². The molecule has 0 radical (unpaired) electrons. The third-order valence-corrected chi connectivity index (χ3v) is 11.8. The first-order chi connectivity index (χ1) is 31.0. The number of phosphoric ester groups is 1.